The van der Waals surface area contributed by atoms with Crippen LogP contribution in [-0.2, 0) is 0 Å². The number of rotatable bonds is 1. The summed E-state index contributed by atoms with van der Waals surface area (Å²) in [5, 5.41) is 0.823. The van der Waals surface area contributed by atoms with Crippen LogP contribution >= 0.6 is 0 Å². The number of fused-ring (bicyclic) bond motifs is 1. The van der Waals surface area contributed by atoms with Crippen LogP contribution in [-0.4, -0.2) is 18.1 Å². The molecule has 2 N–H and O–H groups in total. The van der Waals surface area contributed by atoms with Gasteiger partial charge in [-0.15, -0.1) is 0 Å². The predicted octanol–water partition coefficient (Wildman–Crippen LogP) is 3.19. The lowest BCUT2D eigenvalue weighted by Crippen LogP contribution is -2.24. The van der Waals surface area contributed by atoms with Crippen LogP contribution in [0.4, 0.5) is 15.8 Å². The molecule has 0 aliphatic carbocycles. The molecule has 0 unspecified atom stereocenters. The lowest BCUT2D eigenvalue weighted by molar-refractivity contribution is 0.418. The summed E-state index contributed by atoms with van der Waals surface area (Å²) in [5.41, 5.74) is 7.80. The average Bonchev–Trinajstić information content (AvgIpc) is 2.69. The zero-order valence-electron chi connectivity index (χ0n) is 11.3. The van der Waals surface area contributed by atoms with E-state index in [0.29, 0.717) is 16.9 Å². The fourth-order valence-electron chi connectivity index (χ4n) is 2.83. The highest BCUT2D eigenvalue weighted by molar-refractivity contribution is 5.99. The number of hydrogen-bond donors (Lipinski definition) is 1. The normalized spacial score (nSPS) is 18.2. The van der Waals surface area contributed by atoms with Gasteiger partial charge in [-0.05, 0) is 30.0 Å². The lowest BCUT2D eigenvalue weighted by Gasteiger charge is -2.23. The molecule has 1 aliphatic heterocycles. The molecule has 2 aromatic rings. The predicted molar refractivity (Wildman–Crippen MR) is 76.7 cm³/mol. The van der Waals surface area contributed by atoms with E-state index in [1.165, 1.54) is 6.07 Å². The van der Waals surface area contributed by atoms with Gasteiger partial charge in [-0.3, -0.25) is 4.98 Å². The molecular weight excluding hydrogens is 241 g/mol. The topological polar surface area (TPSA) is 42.1 Å². The van der Waals surface area contributed by atoms with Crippen LogP contribution in [0, 0.1) is 11.2 Å². The maximum Gasteiger partial charge on any atom is 0.150 e. The third kappa shape index (κ3) is 2.01. The van der Waals surface area contributed by atoms with Crippen LogP contribution in [0.5, 0.6) is 0 Å². The van der Waals surface area contributed by atoms with Crippen molar-refractivity contribution in [1.82, 2.24) is 4.98 Å². The number of aromatic nitrogens is 1. The Labute approximate surface area is 112 Å². The summed E-state index contributed by atoms with van der Waals surface area (Å²) >= 11 is 0. The van der Waals surface area contributed by atoms with Crippen LogP contribution in [0.15, 0.2) is 24.4 Å². The molecule has 19 heavy (non-hydrogen) atoms. The van der Waals surface area contributed by atoms with Gasteiger partial charge >= 0.3 is 0 Å². The first-order chi connectivity index (χ1) is 8.98. The Morgan fingerprint density at radius 1 is 1.42 bits per heavy atom. The van der Waals surface area contributed by atoms with Crippen LogP contribution in [0.1, 0.15) is 20.3 Å². The van der Waals surface area contributed by atoms with E-state index in [9.17, 15) is 4.39 Å². The van der Waals surface area contributed by atoms with Crippen molar-refractivity contribution in [2.45, 2.75) is 20.3 Å². The smallest absolute Gasteiger partial charge is 0.150 e. The van der Waals surface area contributed by atoms with Gasteiger partial charge in [0.15, 0.2) is 5.82 Å². The quantitative estimate of drug-likeness (QED) is 0.800. The van der Waals surface area contributed by atoms with Crippen LogP contribution < -0.4 is 10.6 Å². The Bertz CT molecular complexity index is 637. The Morgan fingerprint density at radius 2 is 2.21 bits per heavy atom. The van der Waals surface area contributed by atoms with E-state index < -0.39 is 0 Å². The summed E-state index contributed by atoms with van der Waals surface area (Å²) in [6.45, 7) is 6.12. The summed E-state index contributed by atoms with van der Waals surface area (Å²) in [6.07, 6.45) is 2.75. The standard InChI is InChI=1S/C15H18FN3/c1-15(2)5-7-19(9-15)14-11(16)8-12(17)10-4-3-6-18-13(10)14/h3-4,6,8H,5,7,9,17H2,1-2H3. The zero-order chi connectivity index (χ0) is 13.6. The third-order valence-electron chi connectivity index (χ3n) is 3.85. The molecule has 1 aliphatic rings. The molecule has 0 bridgehead atoms. The van der Waals surface area contributed by atoms with E-state index in [1.54, 1.807) is 6.20 Å². The van der Waals surface area contributed by atoms with E-state index in [4.69, 9.17) is 5.73 Å². The Morgan fingerprint density at radius 3 is 2.89 bits per heavy atom. The summed E-state index contributed by atoms with van der Waals surface area (Å²) in [5.74, 6) is -0.276. The van der Waals surface area contributed by atoms with Crippen molar-refractivity contribution in [3.63, 3.8) is 0 Å². The molecule has 1 fully saturated rings. The summed E-state index contributed by atoms with van der Waals surface area (Å²) < 4.78 is 14.3. The summed E-state index contributed by atoms with van der Waals surface area (Å²) in [4.78, 5) is 6.42. The SMILES string of the molecule is CC1(C)CCN(c2c(F)cc(N)c3cccnc23)C1. The van der Waals surface area contributed by atoms with Crippen molar-refractivity contribution in [2.75, 3.05) is 23.7 Å². The molecule has 0 saturated carbocycles. The molecule has 3 nitrogen and oxygen atoms in total. The second-order valence-electron chi connectivity index (χ2n) is 6.03. The number of pyridine rings is 1. The van der Waals surface area contributed by atoms with Crippen molar-refractivity contribution < 1.29 is 4.39 Å². The highest BCUT2D eigenvalue weighted by atomic mass is 19.1. The first kappa shape index (κ1) is 12.2. The van der Waals surface area contributed by atoms with E-state index in [0.717, 1.165) is 24.9 Å². The molecule has 0 spiro atoms. The maximum absolute atomic E-state index is 14.3. The lowest BCUT2D eigenvalue weighted by atomic mass is 9.93. The number of nitrogen functional groups attached to an aromatic ring is 1. The number of anilines is 2. The molecule has 1 aromatic carbocycles. The van der Waals surface area contributed by atoms with Crippen molar-refractivity contribution in [3.8, 4) is 0 Å². The minimum absolute atomic E-state index is 0.217. The molecule has 1 saturated heterocycles. The number of nitrogens with two attached hydrogens (primary N) is 1. The second-order valence-corrected chi connectivity index (χ2v) is 6.03. The van der Waals surface area contributed by atoms with Gasteiger partial charge in [0.25, 0.3) is 0 Å². The van der Waals surface area contributed by atoms with Gasteiger partial charge < -0.3 is 10.6 Å². The van der Waals surface area contributed by atoms with Gasteiger partial charge in [-0.25, -0.2) is 4.39 Å². The van der Waals surface area contributed by atoms with E-state index in [1.807, 2.05) is 12.1 Å². The Hall–Kier alpha value is -1.84. The van der Waals surface area contributed by atoms with Crippen LogP contribution in [0.25, 0.3) is 10.9 Å². The average molecular weight is 259 g/mol. The number of hydrogen-bond acceptors (Lipinski definition) is 3. The molecule has 0 radical (unpaired) electrons. The zero-order valence-corrected chi connectivity index (χ0v) is 11.3. The van der Waals surface area contributed by atoms with E-state index in [-0.39, 0.29) is 11.2 Å². The molecular formula is C15H18FN3. The minimum Gasteiger partial charge on any atom is -0.398 e. The van der Waals surface area contributed by atoms with E-state index >= 15 is 0 Å². The van der Waals surface area contributed by atoms with Gasteiger partial charge in [0.1, 0.15) is 0 Å². The first-order valence-corrected chi connectivity index (χ1v) is 6.56. The molecule has 3 rings (SSSR count). The molecule has 100 valence electrons. The minimum atomic E-state index is -0.276. The Kier molecular flexibility index (Phi) is 2.62. The van der Waals surface area contributed by atoms with Crippen molar-refractivity contribution in [1.29, 1.82) is 0 Å². The molecule has 4 heteroatoms. The largest absolute Gasteiger partial charge is 0.398 e. The molecule has 1 aromatic heterocycles. The van der Waals surface area contributed by atoms with Gasteiger partial charge in [0.2, 0.25) is 0 Å². The maximum atomic E-state index is 14.3. The van der Waals surface area contributed by atoms with Crippen molar-refractivity contribution in [3.05, 3.63) is 30.2 Å². The highest BCUT2D eigenvalue weighted by Gasteiger charge is 2.32. The van der Waals surface area contributed by atoms with Gasteiger partial charge in [-0.1, -0.05) is 13.8 Å². The van der Waals surface area contributed by atoms with Gasteiger partial charge in [-0.2, -0.15) is 0 Å². The van der Waals surface area contributed by atoms with Gasteiger partial charge in [0, 0.05) is 30.4 Å². The highest BCUT2D eigenvalue weighted by Crippen LogP contribution is 2.38. The van der Waals surface area contributed by atoms with Crippen LogP contribution in [0.2, 0.25) is 0 Å². The molecule has 0 amide bonds. The summed E-state index contributed by atoms with van der Waals surface area (Å²) in [6, 6.07) is 5.13. The third-order valence-corrected chi connectivity index (χ3v) is 3.85. The van der Waals surface area contributed by atoms with Crippen molar-refractivity contribution in [2.24, 2.45) is 5.41 Å². The first-order valence-electron chi connectivity index (χ1n) is 6.56. The van der Waals surface area contributed by atoms with Gasteiger partial charge in [0.05, 0.1) is 11.2 Å². The number of nitrogens with zero attached hydrogens (tertiary/aromatic N) is 2. The Balaban J connectivity index is 2.18. The fourth-order valence-corrected chi connectivity index (χ4v) is 2.83. The van der Waals surface area contributed by atoms with Crippen LogP contribution in [0.3, 0.4) is 0 Å². The molecule has 0 atom stereocenters. The second kappa shape index (κ2) is 4.08. The number of benzene rings is 1. The fraction of sp³-hybridized carbons (Fsp3) is 0.400. The number of halogens is 1. The monoisotopic (exact) mass is 259 g/mol. The molecule has 2 heterocycles. The van der Waals surface area contributed by atoms with E-state index in [2.05, 4.69) is 23.7 Å². The van der Waals surface area contributed by atoms with Crippen molar-refractivity contribution >= 4 is 22.3 Å². The summed E-state index contributed by atoms with van der Waals surface area (Å²) in [7, 11) is 0.